The Bertz CT molecular complexity index is 623. The second-order valence-electron chi connectivity index (χ2n) is 8.65. The minimum Gasteiger partial charge on any atom is -0.469 e. The first kappa shape index (κ1) is 54.2. The molecule has 10 heteroatoms. The number of ether oxygens (including phenoxy) is 2. The fraction of sp³-hybridized carbons (Fsp3) is 0.742. The predicted octanol–water partition coefficient (Wildman–Crippen LogP) is 6.07. The van der Waals surface area contributed by atoms with Crippen molar-refractivity contribution in [2.45, 2.75) is 134 Å². The third-order valence-corrected chi connectivity index (χ3v) is 3.52. The zero-order valence-electron chi connectivity index (χ0n) is 28.4. The molecule has 0 N–H and O–H groups in total. The molecule has 0 rings (SSSR count). The Hall–Kier alpha value is -2.88. The quantitative estimate of drug-likeness (QED) is 0.204. The fourth-order valence-electron chi connectivity index (χ4n) is 1.40. The number of rotatable bonds is 11. The van der Waals surface area contributed by atoms with E-state index in [0.29, 0.717) is 19.3 Å². The lowest BCUT2D eigenvalue weighted by molar-refractivity contribution is -0.140. The number of Topliss-reactive ketones (excluding diaryl/α,β-unsaturated/α-hetero) is 7. The van der Waals surface area contributed by atoms with Crippen LogP contribution >= 0.6 is 0 Å². The highest BCUT2D eigenvalue weighted by Crippen LogP contribution is 1.84. The van der Waals surface area contributed by atoms with E-state index in [1.54, 1.807) is 34.8 Å². The third-order valence-electron chi connectivity index (χ3n) is 3.52. The number of hydrogen-bond acceptors (Lipinski definition) is 10. The number of hydrogen-bond donors (Lipinski definition) is 0. The molecule has 0 aromatic carbocycles. The van der Waals surface area contributed by atoms with Crippen LogP contribution in [0.3, 0.4) is 0 Å². The van der Waals surface area contributed by atoms with Gasteiger partial charge in [-0.1, -0.05) is 34.6 Å². The number of carbonyl (C=O) groups excluding carboxylic acids is 8. The monoisotopic (exact) mass is 592 g/mol. The minimum absolute atomic E-state index is 0.0625. The summed E-state index contributed by atoms with van der Waals surface area (Å²) in [6.45, 7) is 20.8. The fourth-order valence-corrected chi connectivity index (χ4v) is 1.40. The van der Waals surface area contributed by atoms with Crippen LogP contribution in [-0.2, 0) is 47.8 Å². The molecule has 0 heterocycles. The van der Waals surface area contributed by atoms with E-state index in [1.807, 2.05) is 20.8 Å². The Balaban J connectivity index is -0.0000000661. The lowest BCUT2D eigenvalue weighted by atomic mass is 10.2. The summed E-state index contributed by atoms with van der Waals surface area (Å²) in [6, 6.07) is 0. The van der Waals surface area contributed by atoms with Crippen molar-refractivity contribution in [3.05, 3.63) is 0 Å². The first-order chi connectivity index (χ1) is 18.8. The van der Waals surface area contributed by atoms with E-state index in [2.05, 4.69) is 11.7 Å². The molecular weight excluding hydrogens is 532 g/mol. The molecule has 41 heavy (non-hydrogen) atoms. The van der Waals surface area contributed by atoms with E-state index in [9.17, 15) is 38.4 Å². The van der Waals surface area contributed by atoms with Crippen molar-refractivity contribution < 1.29 is 47.8 Å². The summed E-state index contributed by atoms with van der Waals surface area (Å²) in [5, 5.41) is 0. The van der Waals surface area contributed by atoms with Gasteiger partial charge in [0, 0.05) is 39.4 Å². The van der Waals surface area contributed by atoms with Crippen molar-refractivity contribution in [2.24, 2.45) is 0 Å². The summed E-state index contributed by atoms with van der Waals surface area (Å²) in [7, 11) is 3.09. The van der Waals surface area contributed by atoms with Crippen LogP contribution in [0.25, 0.3) is 0 Å². The lowest BCUT2D eigenvalue weighted by Crippen LogP contribution is -1.97. The average Bonchev–Trinajstić information content (AvgIpc) is 2.84. The van der Waals surface area contributed by atoms with Gasteiger partial charge in [0.1, 0.15) is 40.5 Å². The summed E-state index contributed by atoms with van der Waals surface area (Å²) in [4.78, 5) is 79.8. The smallest absolute Gasteiger partial charge is 0.305 e. The molecule has 0 saturated carbocycles. The molecule has 0 radical (unpaired) electrons. The van der Waals surface area contributed by atoms with Gasteiger partial charge < -0.3 is 23.9 Å². The largest absolute Gasteiger partial charge is 0.469 e. The normalized spacial score (nSPS) is 8.05. The van der Waals surface area contributed by atoms with E-state index in [0.717, 1.165) is 25.9 Å². The van der Waals surface area contributed by atoms with Crippen molar-refractivity contribution in [1.82, 2.24) is 0 Å². The van der Waals surface area contributed by atoms with Crippen LogP contribution in [0.2, 0.25) is 0 Å². The van der Waals surface area contributed by atoms with Crippen molar-refractivity contribution in [3.63, 3.8) is 0 Å². The summed E-state index contributed by atoms with van der Waals surface area (Å²) >= 11 is 0. The van der Waals surface area contributed by atoms with E-state index >= 15 is 0 Å². The summed E-state index contributed by atoms with van der Waals surface area (Å²) in [6.07, 6.45) is 4.81. The van der Waals surface area contributed by atoms with Crippen molar-refractivity contribution in [3.8, 4) is 0 Å². The lowest BCUT2D eigenvalue weighted by Gasteiger charge is -1.87. The van der Waals surface area contributed by atoms with Crippen LogP contribution in [-0.4, -0.2) is 67.3 Å². The molecule has 0 aromatic rings. The van der Waals surface area contributed by atoms with Gasteiger partial charge in [-0.15, -0.1) is 0 Å². The second-order valence-corrected chi connectivity index (χ2v) is 8.65. The number of methoxy groups -OCH3 is 2. The van der Waals surface area contributed by atoms with Gasteiger partial charge in [0.25, 0.3) is 0 Å². The summed E-state index contributed by atoms with van der Waals surface area (Å²) in [5.41, 5.74) is 0. The van der Waals surface area contributed by atoms with Gasteiger partial charge in [0.05, 0.1) is 20.0 Å². The summed E-state index contributed by atoms with van der Waals surface area (Å²) < 4.78 is 8.95. The molecule has 0 atom stereocenters. The van der Waals surface area contributed by atoms with Crippen LogP contribution in [0.5, 0.6) is 0 Å². The molecule has 0 bridgehead atoms. The van der Waals surface area contributed by atoms with Gasteiger partial charge in [-0.3, -0.25) is 24.0 Å². The molecule has 0 unspecified atom stereocenters. The molecule has 0 amide bonds. The van der Waals surface area contributed by atoms with Gasteiger partial charge in [-0.05, 0) is 61.3 Å². The number of carbonyl (C=O) groups is 8. The number of esters is 1. The third kappa shape index (κ3) is 139. The maximum atomic E-state index is 10.0. The Kier molecular flexibility index (Phi) is 62.1. The molecule has 0 spiro atoms. The first-order valence-corrected chi connectivity index (χ1v) is 13.8. The van der Waals surface area contributed by atoms with E-state index in [-0.39, 0.29) is 59.3 Å². The minimum atomic E-state index is -0.157. The van der Waals surface area contributed by atoms with Crippen molar-refractivity contribution in [1.29, 1.82) is 0 Å². The Labute approximate surface area is 249 Å². The topological polar surface area (TPSA) is 155 Å². The van der Waals surface area contributed by atoms with Gasteiger partial charge in [-0.25, -0.2) is 0 Å². The van der Waals surface area contributed by atoms with Crippen LogP contribution in [0.4, 0.5) is 0 Å². The van der Waals surface area contributed by atoms with Crippen LogP contribution in [0, 0.1) is 0 Å². The van der Waals surface area contributed by atoms with Crippen LogP contribution < -0.4 is 0 Å². The van der Waals surface area contributed by atoms with Gasteiger partial charge in [-0.2, -0.15) is 0 Å². The maximum absolute atomic E-state index is 10.0. The van der Waals surface area contributed by atoms with Crippen LogP contribution in [0.15, 0.2) is 0 Å². The highest BCUT2D eigenvalue weighted by molar-refractivity contribution is 5.97. The van der Waals surface area contributed by atoms with Crippen LogP contribution in [0.1, 0.15) is 134 Å². The number of ketones is 7. The van der Waals surface area contributed by atoms with Gasteiger partial charge >= 0.3 is 5.97 Å². The Morgan fingerprint density at radius 2 is 0.732 bits per heavy atom. The molecule has 0 aliphatic heterocycles. The first-order valence-electron chi connectivity index (χ1n) is 13.8. The molecule has 0 aliphatic carbocycles. The van der Waals surface area contributed by atoms with E-state index in [1.165, 1.54) is 34.8 Å². The summed E-state index contributed by atoms with van der Waals surface area (Å²) in [5.74, 6) is 0.391. The predicted molar refractivity (Wildman–Crippen MR) is 164 cm³/mol. The highest BCUT2D eigenvalue weighted by atomic mass is 16.5. The van der Waals surface area contributed by atoms with Crippen molar-refractivity contribution >= 4 is 46.5 Å². The van der Waals surface area contributed by atoms with Gasteiger partial charge in [0.2, 0.25) is 0 Å². The Morgan fingerprint density at radius 3 is 0.732 bits per heavy atom. The highest BCUT2D eigenvalue weighted by Gasteiger charge is 1.95. The molecule has 0 aromatic heterocycles. The zero-order chi connectivity index (χ0) is 34.4. The zero-order valence-corrected chi connectivity index (χ0v) is 28.4. The molecule has 0 aliphatic rings. The average molecular weight is 593 g/mol. The standard InChI is InChI=1S/2C5H8O2.C5H10O.C4H8O2.C4H10O.2C4H8O/c2*1-4(6)3-5(2)7;1-3-4-5(2)6;1-3-4(5)6-2;1-3-4-5-2;2*1-3-4(2)5/h2*3H2,1-2H3;3-4H2,1-2H3;3H2,1-2H3;3-4H2,1-2H3;2*3H2,1-2H3. The molecule has 0 saturated heterocycles. The van der Waals surface area contributed by atoms with Gasteiger partial charge in [0.15, 0.2) is 0 Å². The second kappa shape index (κ2) is 46.9. The molecular formula is C31H60O10. The molecule has 10 nitrogen and oxygen atoms in total. The SMILES string of the molecule is CC(=O)CC(C)=O.CC(=O)CC(C)=O.CCC(=O)OC.CCC(C)=O.CCC(C)=O.CCCC(C)=O.CCCOC. The van der Waals surface area contributed by atoms with E-state index in [4.69, 9.17) is 4.74 Å². The maximum Gasteiger partial charge on any atom is 0.305 e. The molecule has 244 valence electrons. The van der Waals surface area contributed by atoms with E-state index < -0.39 is 0 Å². The Morgan fingerprint density at radius 1 is 0.439 bits per heavy atom. The molecule has 0 fully saturated rings. The van der Waals surface area contributed by atoms with Crippen molar-refractivity contribution in [2.75, 3.05) is 20.8 Å².